The largest absolute Gasteiger partial charge is 0.316 e. The van der Waals surface area contributed by atoms with Crippen molar-refractivity contribution >= 4 is 10.2 Å². The minimum atomic E-state index is -3.90. The molecule has 0 aromatic rings. The maximum absolute atomic E-state index is 13.5. The third kappa shape index (κ3) is 3.33. The fourth-order valence-electron chi connectivity index (χ4n) is 1.57. The summed E-state index contributed by atoms with van der Waals surface area (Å²) in [7, 11) is -3.90. The van der Waals surface area contributed by atoms with Crippen LogP contribution < -0.4 is 15.2 Å². The highest BCUT2D eigenvalue weighted by atomic mass is 32.2. The first kappa shape index (κ1) is 12.8. The number of nitrogens with one attached hydrogen (secondary N) is 2. The fraction of sp³-hybridized carbons (Fsp3) is 1.00. The van der Waals surface area contributed by atoms with Crippen LogP contribution in [0, 0.1) is 11.8 Å². The molecule has 2 atom stereocenters. The zero-order valence-corrected chi connectivity index (χ0v) is 9.15. The Morgan fingerprint density at radius 2 is 2.13 bits per heavy atom. The minimum absolute atomic E-state index is 0.0832. The summed E-state index contributed by atoms with van der Waals surface area (Å²) in [5.74, 6) is -4.73. The summed E-state index contributed by atoms with van der Waals surface area (Å²) in [4.78, 5) is 0. The molecule has 0 aromatic carbocycles. The van der Waals surface area contributed by atoms with Crippen LogP contribution in [0.2, 0.25) is 0 Å². The fourth-order valence-corrected chi connectivity index (χ4v) is 2.01. The smallest absolute Gasteiger partial charge is 0.274 e. The third-order valence-corrected chi connectivity index (χ3v) is 3.14. The quantitative estimate of drug-likeness (QED) is 0.611. The van der Waals surface area contributed by atoms with Crippen LogP contribution in [0.3, 0.4) is 0 Å². The second kappa shape index (κ2) is 4.28. The average Bonchev–Trinajstić information content (AvgIpc) is 2.06. The number of alkyl halides is 2. The van der Waals surface area contributed by atoms with E-state index in [1.807, 2.05) is 4.72 Å². The molecule has 1 rings (SSSR count). The van der Waals surface area contributed by atoms with E-state index in [0.717, 1.165) is 0 Å². The van der Waals surface area contributed by atoms with Crippen LogP contribution in [0.1, 0.15) is 6.92 Å². The Morgan fingerprint density at radius 1 is 1.53 bits per heavy atom. The van der Waals surface area contributed by atoms with Crippen LogP contribution in [0.4, 0.5) is 8.78 Å². The lowest BCUT2D eigenvalue weighted by Gasteiger charge is -2.36. The van der Waals surface area contributed by atoms with Crippen molar-refractivity contribution in [2.24, 2.45) is 17.0 Å². The van der Waals surface area contributed by atoms with Gasteiger partial charge in [-0.05, 0) is 0 Å². The van der Waals surface area contributed by atoms with E-state index in [9.17, 15) is 17.2 Å². The maximum atomic E-state index is 13.5. The molecule has 90 valence electrons. The molecule has 0 amide bonds. The van der Waals surface area contributed by atoms with Gasteiger partial charge < -0.3 is 5.32 Å². The van der Waals surface area contributed by atoms with Crippen LogP contribution in [-0.2, 0) is 10.2 Å². The summed E-state index contributed by atoms with van der Waals surface area (Å²) in [6.07, 6.45) is 0. The Labute approximate surface area is 87.6 Å². The predicted molar refractivity (Wildman–Crippen MR) is 51.6 cm³/mol. The molecule has 15 heavy (non-hydrogen) atoms. The summed E-state index contributed by atoms with van der Waals surface area (Å²) in [6.45, 7) is 1.40. The van der Waals surface area contributed by atoms with E-state index in [4.69, 9.17) is 0 Å². The van der Waals surface area contributed by atoms with Gasteiger partial charge in [-0.1, -0.05) is 6.92 Å². The van der Waals surface area contributed by atoms with Gasteiger partial charge in [-0.25, -0.2) is 18.6 Å². The predicted octanol–water partition coefficient (Wildman–Crippen LogP) is -0.730. The van der Waals surface area contributed by atoms with Gasteiger partial charge in [0.15, 0.2) is 0 Å². The number of hydrogen-bond donors (Lipinski definition) is 3. The first-order valence-corrected chi connectivity index (χ1v) is 6.14. The highest BCUT2D eigenvalue weighted by molar-refractivity contribution is 7.87. The van der Waals surface area contributed by atoms with Gasteiger partial charge in [0.2, 0.25) is 0 Å². The van der Waals surface area contributed by atoms with E-state index in [1.165, 1.54) is 6.92 Å². The number of halogens is 2. The molecule has 0 bridgehead atoms. The standard InChI is InChI=1S/C7H15F2N3O2S/c1-5-2-11-3-6(7(5,8)9)4-12-15(10,13)14/h5-6,11-12H,2-4H2,1H3,(H2,10,13,14)/t5-,6-/m0/s1. The van der Waals surface area contributed by atoms with Crippen molar-refractivity contribution in [3.8, 4) is 0 Å². The number of nitrogens with two attached hydrogens (primary N) is 1. The molecule has 1 aliphatic heterocycles. The van der Waals surface area contributed by atoms with E-state index in [0.29, 0.717) is 0 Å². The summed E-state index contributed by atoms with van der Waals surface area (Å²) in [6, 6.07) is 0. The van der Waals surface area contributed by atoms with Crippen LogP contribution in [0.5, 0.6) is 0 Å². The van der Waals surface area contributed by atoms with Gasteiger partial charge in [0.05, 0.1) is 0 Å². The van der Waals surface area contributed by atoms with Gasteiger partial charge in [0, 0.05) is 31.5 Å². The van der Waals surface area contributed by atoms with Gasteiger partial charge in [0.1, 0.15) is 0 Å². The van der Waals surface area contributed by atoms with Crippen molar-refractivity contribution in [3.05, 3.63) is 0 Å². The molecule has 5 nitrogen and oxygen atoms in total. The van der Waals surface area contributed by atoms with Gasteiger partial charge in [-0.15, -0.1) is 0 Å². The normalized spacial score (nSPS) is 31.5. The van der Waals surface area contributed by atoms with E-state index in [1.54, 1.807) is 0 Å². The SMILES string of the molecule is C[C@H]1CNC[C@@H](CNS(N)(=O)=O)C1(F)F. The number of hydrogen-bond acceptors (Lipinski definition) is 3. The molecule has 0 saturated carbocycles. The van der Waals surface area contributed by atoms with Gasteiger partial charge in [0.25, 0.3) is 16.1 Å². The van der Waals surface area contributed by atoms with Crippen molar-refractivity contribution in [2.75, 3.05) is 19.6 Å². The van der Waals surface area contributed by atoms with Crippen LogP contribution in [-0.4, -0.2) is 34.0 Å². The first-order chi connectivity index (χ1) is 6.73. The minimum Gasteiger partial charge on any atom is -0.316 e. The monoisotopic (exact) mass is 243 g/mol. The molecule has 8 heteroatoms. The van der Waals surface area contributed by atoms with Crippen LogP contribution in [0.25, 0.3) is 0 Å². The molecule has 0 aliphatic carbocycles. The zero-order chi connectivity index (χ0) is 11.7. The molecule has 0 radical (unpaired) electrons. The lowest BCUT2D eigenvalue weighted by Crippen LogP contribution is -2.54. The third-order valence-electron chi connectivity index (χ3n) is 2.57. The molecule has 0 aromatic heterocycles. The average molecular weight is 243 g/mol. The highest BCUT2D eigenvalue weighted by Gasteiger charge is 2.46. The summed E-state index contributed by atoms with van der Waals surface area (Å²) >= 11 is 0. The van der Waals surface area contributed by atoms with Crippen molar-refractivity contribution in [1.29, 1.82) is 0 Å². The zero-order valence-electron chi connectivity index (χ0n) is 8.33. The van der Waals surface area contributed by atoms with Crippen molar-refractivity contribution in [3.63, 3.8) is 0 Å². The molecule has 1 fully saturated rings. The van der Waals surface area contributed by atoms with E-state index >= 15 is 0 Å². The lowest BCUT2D eigenvalue weighted by molar-refractivity contribution is -0.115. The van der Waals surface area contributed by atoms with Crippen LogP contribution >= 0.6 is 0 Å². The molecule has 0 unspecified atom stereocenters. The Hall–Kier alpha value is -0.310. The Balaban J connectivity index is 2.61. The molecule has 1 saturated heterocycles. The van der Waals surface area contributed by atoms with E-state index in [2.05, 4.69) is 10.5 Å². The van der Waals surface area contributed by atoms with Crippen molar-refractivity contribution in [2.45, 2.75) is 12.8 Å². The molecule has 1 aliphatic rings. The van der Waals surface area contributed by atoms with Gasteiger partial charge in [-0.3, -0.25) is 0 Å². The number of rotatable bonds is 3. The van der Waals surface area contributed by atoms with Gasteiger partial charge in [-0.2, -0.15) is 8.42 Å². The summed E-state index contributed by atoms with van der Waals surface area (Å²) < 4.78 is 50.1. The Kier molecular flexibility index (Phi) is 3.64. The second-order valence-corrected chi connectivity index (χ2v) is 5.20. The Morgan fingerprint density at radius 3 is 2.67 bits per heavy atom. The lowest BCUT2D eigenvalue weighted by atomic mass is 9.87. The molecular formula is C7H15F2N3O2S. The second-order valence-electron chi connectivity index (χ2n) is 3.82. The van der Waals surface area contributed by atoms with Crippen LogP contribution in [0.15, 0.2) is 0 Å². The summed E-state index contributed by atoms with van der Waals surface area (Å²) in [5.41, 5.74) is 0. The maximum Gasteiger partial charge on any atom is 0.274 e. The first-order valence-electron chi connectivity index (χ1n) is 4.59. The molecule has 0 spiro atoms. The molecule has 1 heterocycles. The van der Waals surface area contributed by atoms with Crippen molar-refractivity contribution < 1.29 is 17.2 Å². The van der Waals surface area contributed by atoms with Gasteiger partial charge >= 0.3 is 0 Å². The molecule has 4 N–H and O–H groups in total. The van der Waals surface area contributed by atoms with E-state index in [-0.39, 0.29) is 19.6 Å². The Bertz CT molecular complexity index is 320. The topological polar surface area (TPSA) is 84.2 Å². The van der Waals surface area contributed by atoms with E-state index < -0.39 is 28.0 Å². The van der Waals surface area contributed by atoms with Crippen molar-refractivity contribution in [1.82, 2.24) is 10.0 Å². The number of piperidine rings is 1. The highest BCUT2D eigenvalue weighted by Crippen LogP contribution is 2.34. The summed E-state index contributed by atoms with van der Waals surface area (Å²) in [5, 5.41) is 7.49. The molecular weight excluding hydrogens is 228 g/mol.